The van der Waals surface area contributed by atoms with Crippen LogP contribution >= 0.6 is 0 Å². The minimum atomic E-state index is -3.01. The number of benzene rings is 1. The molecule has 0 bridgehead atoms. The summed E-state index contributed by atoms with van der Waals surface area (Å²) >= 11 is 0. The summed E-state index contributed by atoms with van der Waals surface area (Å²) in [4.78, 5) is 37.1. The minimum Gasteiger partial charge on any atom is -0.480 e. The molecule has 7 nitrogen and oxygen atoms in total. The Labute approximate surface area is 153 Å². The van der Waals surface area contributed by atoms with Crippen molar-refractivity contribution in [3.63, 3.8) is 0 Å². The highest BCUT2D eigenvalue weighted by Crippen LogP contribution is 2.26. The maximum absolute atomic E-state index is 14.4. The number of fused-ring (bicyclic) bond motifs is 1. The van der Waals surface area contributed by atoms with E-state index < -0.39 is 43.8 Å². The lowest BCUT2D eigenvalue weighted by atomic mass is 10.1. The normalized spacial score (nSPS) is 24.9. The molecule has 1 saturated heterocycles. The average Bonchev–Trinajstić information content (AvgIpc) is 3.13. The number of ether oxygens (including phenoxy) is 1. The predicted molar refractivity (Wildman–Crippen MR) is 90.8 cm³/mol. The fourth-order valence-corrected chi connectivity index (χ4v) is 3.34. The number of methoxy groups -OCH3 is 1. The summed E-state index contributed by atoms with van der Waals surface area (Å²) in [5, 5.41) is 10.1. The Kier molecular flexibility index (Phi) is 3.82. The molecule has 1 aromatic carbocycles. The zero-order chi connectivity index (χ0) is 21.5. The second-order valence-corrected chi connectivity index (χ2v) is 6.17. The van der Waals surface area contributed by atoms with Gasteiger partial charge in [0.25, 0.3) is 0 Å². The first kappa shape index (κ1) is 14.4. The van der Waals surface area contributed by atoms with Crippen LogP contribution in [0.2, 0.25) is 0 Å². The number of Topliss-reactive ketones (excluding diaryl/α,β-unsaturated/α-hetero) is 1. The Morgan fingerprint density at radius 3 is 2.77 bits per heavy atom. The molecule has 1 fully saturated rings. The highest BCUT2D eigenvalue weighted by molar-refractivity contribution is 6.07. The number of carbonyl (C=O) groups is 3. The van der Waals surface area contributed by atoms with E-state index in [9.17, 15) is 23.9 Å². The molecular weight excluding hydrogens is 343 g/mol. The van der Waals surface area contributed by atoms with Gasteiger partial charge in [-0.05, 0) is 13.0 Å². The average molecular weight is 365 g/mol. The van der Waals surface area contributed by atoms with Crippen molar-refractivity contribution in [3.05, 3.63) is 36.0 Å². The zero-order valence-electron chi connectivity index (χ0n) is 16.9. The van der Waals surface area contributed by atoms with Crippen molar-refractivity contribution in [1.82, 2.24) is 9.47 Å². The molecule has 138 valence electrons. The summed E-state index contributed by atoms with van der Waals surface area (Å²) in [6.45, 7) is 0.444. The van der Waals surface area contributed by atoms with E-state index in [4.69, 9.17) is 4.11 Å². The number of aromatic nitrogens is 1. The minimum absolute atomic E-state index is 0.202. The van der Waals surface area contributed by atoms with Crippen LogP contribution in [0.4, 0.5) is 4.39 Å². The topological polar surface area (TPSA) is 88.8 Å². The second kappa shape index (κ2) is 6.87. The number of alkyl halides is 1. The van der Waals surface area contributed by atoms with Gasteiger partial charge in [-0.1, -0.05) is 18.2 Å². The molecular formula is C18H19FN2O5. The van der Waals surface area contributed by atoms with Crippen LogP contribution in [0.3, 0.4) is 0 Å². The highest BCUT2D eigenvalue weighted by Gasteiger charge is 2.48. The monoisotopic (exact) mass is 365 g/mol. The van der Waals surface area contributed by atoms with Crippen molar-refractivity contribution < 1.29 is 32.7 Å². The molecule has 2 aromatic rings. The number of likely N-dealkylation sites (tertiary alicyclic amines) is 1. The van der Waals surface area contributed by atoms with E-state index in [0.717, 1.165) is 4.90 Å². The van der Waals surface area contributed by atoms with Crippen LogP contribution in [0.15, 0.2) is 30.5 Å². The van der Waals surface area contributed by atoms with Gasteiger partial charge in [-0.3, -0.25) is 9.59 Å². The standard InChI is InChI=1S/C18H19FN2O5/c1-10(22)12-7-20(14-6-4-3-5-11(12)14)9-15(23)21-8-13(19)17(26-2)16(21)18(24)25/h3-7,13,16-17H,8-9H2,1-2H3,(H,24,25)/t13-,16-,17+/m0/s1/i2D3. The predicted octanol–water partition coefficient (Wildman–Crippen LogP) is 1.49. The number of aliphatic carboxylic acids is 1. The van der Waals surface area contributed by atoms with E-state index in [0.29, 0.717) is 16.5 Å². The number of carboxylic acid groups (broad SMARTS) is 1. The van der Waals surface area contributed by atoms with Crippen molar-refractivity contribution in [3.8, 4) is 0 Å². The lowest BCUT2D eigenvalue weighted by Gasteiger charge is -2.23. The molecule has 2 heterocycles. The molecule has 1 aliphatic rings. The lowest BCUT2D eigenvalue weighted by molar-refractivity contribution is -0.152. The van der Waals surface area contributed by atoms with Crippen LogP contribution in [0.1, 0.15) is 21.4 Å². The van der Waals surface area contributed by atoms with E-state index in [2.05, 4.69) is 4.74 Å². The summed E-state index contributed by atoms with van der Waals surface area (Å²) in [6.07, 6.45) is -2.28. The fourth-order valence-electron chi connectivity index (χ4n) is 3.34. The molecule has 0 radical (unpaired) electrons. The zero-order valence-corrected chi connectivity index (χ0v) is 13.9. The molecule has 0 saturated carbocycles. The lowest BCUT2D eigenvalue weighted by Crippen LogP contribution is -2.46. The number of rotatable bonds is 5. The third-order valence-electron chi connectivity index (χ3n) is 4.56. The number of halogens is 1. The van der Waals surface area contributed by atoms with Crippen LogP contribution in [0.5, 0.6) is 0 Å². The van der Waals surface area contributed by atoms with E-state index in [1.54, 1.807) is 24.3 Å². The second-order valence-electron chi connectivity index (χ2n) is 6.17. The highest BCUT2D eigenvalue weighted by atomic mass is 19.1. The van der Waals surface area contributed by atoms with Gasteiger partial charge in [-0.15, -0.1) is 0 Å². The molecule has 1 N–H and O–H groups in total. The largest absolute Gasteiger partial charge is 0.480 e. The maximum Gasteiger partial charge on any atom is 0.329 e. The van der Waals surface area contributed by atoms with Crippen LogP contribution in [-0.2, 0) is 20.9 Å². The molecule has 3 rings (SSSR count). The number of hydrogen-bond donors (Lipinski definition) is 1. The van der Waals surface area contributed by atoms with Crippen LogP contribution in [-0.4, -0.2) is 64.1 Å². The van der Waals surface area contributed by atoms with E-state index in [1.165, 1.54) is 17.7 Å². The fraction of sp³-hybridized carbons (Fsp3) is 0.389. The van der Waals surface area contributed by atoms with E-state index in [1.807, 2.05) is 0 Å². The molecule has 1 amide bonds. The molecule has 1 aromatic heterocycles. The number of amides is 1. The smallest absolute Gasteiger partial charge is 0.329 e. The van der Waals surface area contributed by atoms with Gasteiger partial charge in [-0.2, -0.15) is 0 Å². The van der Waals surface area contributed by atoms with Gasteiger partial charge in [0.05, 0.1) is 10.7 Å². The van der Waals surface area contributed by atoms with Crippen LogP contribution in [0, 0.1) is 0 Å². The molecule has 0 aliphatic carbocycles. The summed E-state index contributed by atoms with van der Waals surface area (Å²) < 4.78 is 41.8. The number of para-hydroxylation sites is 1. The Hall–Kier alpha value is -2.74. The quantitative estimate of drug-likeness (QED) is 0.811. The maximum atomic E-state index is 14.4. The molecule has 0 unspecified atom stereocenters. The summed E-state index contributed by atoms with van der Waals surface area (Å²) in [7, 11) is -3.01. The molecule has 1 aliphatic heterocycles. The van der Waals surface area contributed by atoms with Gasteiger partial charge in [0.2, 0.25) is 5.91 Å². The van der Waals surface area contributed by atoms with Crippen molar-refractivity contribution in [1.29, 1.82) is 0 Å². The molecule has 3 atom stereocenters. The number of nitrogens with zero attached hydrogens (tertiary/aromatic N) is 2. The van der Waals surface area contributed by atoms with Gasteiger partial charge in [0.1, 0.15) is 18.8 Å². The Balaban J connectivity index is 1.90. The van der Waals surface area contributed by atoms with Gasteiger partial charge in [-0.25, -0.2) is 9.18 Å². The molecule has 26 heavy (non-hydrogen) atoms. The summed E-state index contributed by atoms with van der Waals surface area (Å²) in [5.74, 6) is -2.49. The number of hydrogen-bond acceptors (Lipinski definition) is 4. The van der Waals surface area contributed by atoms with Crippen molar-refractivity contribution >= 4 is 28.6 Å². The van der Waals surface area contributed by atoms with Gasteiger partial charge in [0, 0.05) is 29.7 Å². The Morgan fingerprint density at radius 1 is 1.38 bits per heavy atom. The first-order valence-electron chi connectivity index (χ1n) is 9.42. The third-order valence-corrected chi connectivity index (χ3v) is 4.56. The molecule has 0 spiro atoms. The van der Waals surface area contributed by atoms with Gasteiger partial charge >= 0.3 is 5.97 Å². The van der Waals surface area contributed by atoms with Gasteiger partial charge < -0.3 is 19.3 Å². The van der Waals surface area contributed by atoms with Crippen molar-refractivity contribution in [2.75, 3.05) is 13.6 Å². The number of ketones is 1. The third kappa shape index (κ3) is 2.96. The Morgan fingerprint density at radius 2 is 2.12 bits per heavy atom. The van der Waals surface area contributed by atoms with E-state index in [-0.39, 0.29) is 12.3 Å². The van der Waals surface area contributed by atoms with E-state index >= 15 is 0 Å². The summed E-state index contributed by atoms with van der Waals surface area (Å²) in [6, 6.07) is 5.12. The number of carboxylic acids is 1. The number of carbonyl (C=O) groups excluding carboxylic acids is 2. The first-order chi connectivity index (χ1) is 13.5. The first-order valence-corrected chi connectivity index (χ1v) is 7.92. The van der Waals surface area contributed by atoms with Crippen LogP contribution in [0.25, 0.3) is 10.9 Å². The van der Waals surface area contributed by atoms with Crippen molar-refractivity contribution in [2.24, 2.45) is 0 Å². The summed E-state index contributed by atoms with van der Waals surface area (Å²) in [5.41, 5.74) is 0.987. The Bertz CT molecular complexity index is 974. The van der Waals surface area contributed by atoms with Crippen LogP contribution < -0.4 is 0 Å². The van der Waals surface area contributed by atoms with Crippen molar-refractivity contribution in [2.45, 2.75) is 31.8 Å². The SMILES string of the molecule is [2H]C([2H])([2H])O[C@H]1[C@@H](C(=O)O)N(C(=O)Cn2cc(C(C)=O)c3ccccc32)C[C@@H]1F. The van der Waals surface area contributed by atoms with Gasteiger partial charge in [0.15, 0.2) is 11.8 Å². The molecule has 8 heteroatoms.